The molecule has 2 saturated carbocycles. The number of nitrogens with zero attached hydrogens (tertiary/aromatic N) is 1. The van der Waals surface area contributed by atoms with E-state index in [4.69, 9.17) is 0 Å². The molecule has 2 aliphatic carbocycles. The average Bonchev–Trinajstić information content (AvgIpc) is 3.39. The molecule has 30 heavy (non-hydrogen) atoms. The number of rotatable bonds is 6. The maximum atomic E-state index is 12.9. The molecule has 6 nitrogen and oxygen atoms in total. The van der Waals surface area contributed by atoms with E-state index in [2.05, 4.69) is 5.32 Å². The van der Waals surface area contributed by atoms with Crippen molar-refractivity contribution >= 4 is 34.1 Å². The molecule has 0 saturated heterocycles. The summed E-state index contributed by atoms with van der Waals surface area (Å²) in [5.74, 6) is -0.129. The van der Waals surface area contributed by atoms with Gasteiger partial charge in [0.05, 0.1) is 12.1 Å². The van der Waals surface area contributed by atoms with Crippen molar-refractivity contribution in [3.63, 3.8) is 0 Å². The molecule has 0 bridgehead atoms. The van der Waals surface area contributed by atoms with E-state index in [1.165, 1.54) is 43.4 Å². The van der Waals surface area contributed by atoms with Gasteiger partial charge in [-0.05, 0) is 37.2 Å². The quantitative estimate of drug-likeness (QED) is 0.675. The number of thiophene rings is 1. The first-order valence-electron chi connectivity index (χ1n) is 11.5. The molecule has 2 fully saturated rings. The standard InChI is InChI=1S/C23H32N2O4S/c26-19(11-10-15-6-4-5-7-15)24-21-20(23(28)29)17-12-13-25(14-18(17)30-21)22(27)16-8-2-1-3-9-16/h15-16H,1-14H2,(H,24,26)(H,28,29). The Hall–Kier alpha value is -1.89. The van der Waals surface area contributed by atoms with E-state index in [0.29, 0.717) is 36.9 Å². The molecule has 7 heteroatoms. The van der Waals surface area contributed by atoms with Gasteiger partial charge in [-0.15, -0.1) is 11.3 Å². The molecule has 0 atom stereocenters. The minimum Gasteiger partial charge on any atom is -0.478 e. The molecule has 1 aromatic rings. The van der Waals surface area contributed by atoms with Crippen molar-refractivity contribution in [2.24, 2.45) is 11.8 Å². The fourth-order valence-corrected chi connectivity index (χ4v) is 6.61. The van der Waals surface area contributed by atoms with E-state index in [0.717, 1.165) is 42.5 Å². The first-order chi connectivity index (χ1) is 14.5. The second-order valence-electron chi connectivity index (χ2n) is 9.10. The summed E-state index contributed by atoms with van der Waals surface area (Å²) >= 11 is 1.34. The summed E-state index contributed by atoms with van der Waals surface area (Å²) in [6.45, 7) is 1.03. The number of aromatic carboxylic acids is 1. The number of carboxylic acid groups (broad SMARTS) is 1. The lowest BCUT2D eigenvalue weighted by molar-refractivity contribution is -0.137. The topological polar surface area (TPSA) is 86.7 Å². The van der Waals surface area contributed by atoms with Crippen LogP contribution in [0.3, 0.4) is 0 Å². The summed E-state index contributed by atoms with van der Waals surface area (Å²) in [4.78, 5) is 40.1. The second-order valence-corrected chi connectivity index (χ2v) is 10.2. The lowest BCUT2D eigenvalue weighted by atomic mass is 9.88. The molecule has 3 aliphatic rings. The van der Waals surface area contributed by atoms with Gasteiger partial charge in [0, 0.05) is 23.8 Å². The first-order valence-corrected chi connectivity index (χ1v) is 12.3. The van der Waals surface area contributed by atoms with Crippen molar-refractivity contribution in [1.29, 1.82) is 0 Å². The average molecular weight is 433 g/mol. The van der Waals surface area contributed by atoms with Gasteiger partial charge < -0.3 is 15.3 Å². The molecule has 0 spiro atoms. The Balaban J connectivity index is 1.43. The summed E-state index contributed by atoms with van der Waals surface area (Å²) in [5.41, 5.74) is 1.03. The van der Waals surface area contributed by atoms with Crippen LogP contribution in [0.25, 0.3) is 0 Å². The van der Waals surface area contributed by atoms with Crippen molar-refractivity contribution < 1.29 is 19.5 Å². The molecule has 1 aromatic heterocycles. The van der Waals surface area contributed by atoms with Gasteiger partial charge in [0.1, 0.15) is 5.00 Å². The van der Waals surface area contributed by atoms with Crippen LogP contribution in [0, 0.1) is 11.8 Å². The minimum absolute atomic E-state index is 0.0989. The molecule has 2 N–H and O–H groups in total. The van der Waals surface area contributed by atoms with Crippen LogP contribution in [-0.2, 0) is 22.6 Å². The molecule has 164 valence electrons. The normalized spacial score (nSPS) is 20.2. The Bertz CT molecular complexity index is 806. The van der Waals surface area contributed by atoms with Gasteiger partial charge in [-0.1, -0.05) is 44.9 Å². The van der Waals surface area contributed by atoms with Gasteiger partial charge >= 0.3 is 5.97 Å². The predicted octanol–water partition coefficient (Wildman–Crippen LogP) is 4.82. The van der Waals surface area contributed by atoms with Gasteiger partial charge in [0.25, 0.3) is 0 Å². The van der Waals surface area contributed by atoms with Gasteiger partial charge in [-0.2, -0.15) is 0 Å². The van der Waals surface area contributed by atoms with E-state index < -0.39 is 5.97 Å². The fraction of sp³-hybridized carbons (Fsp3) is 0.696. The Morgan fingerprint density at radius 3 is 2.43 bits per heavy atom. The van der Waals surface area contributed by atoms with E-state index >= 15 is 0 Å². The maximum Gasteiger partial charge on any atom is 0.339 e. The van der Waals surface area contributed by atoms with Crippen LogP contribution >= 0.6 is 11.3 Å². The van der Waals surface area contributed by atoms with Crippen LogP contribution in [0.5, 0.6) is 0 Å². The van der Waals surface area contributed by atoms with Crippen molar-refractivity contribution in [2.45, 2.75) is 83.6 Å². The highest BCUT2D eigenvalue weighted by Crippen LogP contribution is 2.38. The van der Waals surface area contributed by atoms with Gasteiger partial charge in [0.2, 0.25) is 11.8 Å². The third-order valence-corrected chi connectivity index (χ3v) is 8.18. The van der Waals surface area contributed by atoms with Crippen molar-refractivity contribution in [3.05, 3.63) is 16.0 Å². The fourth-order valence-electron chi connectivity index (χ4n) is 5.34. The van der Waals surface area contributed by atoms with Crippen molar-refractivity contribution in [1.82, 2.24) is 4.90 Å². The smallest absolute Gasteiger partial charge is 0.339 e. The highest BCUT2D eigenvalue weighted by atomic mass is 32.1. The summed E-state index contributed by atoms with van der Waals surface area (Å²) in [6.07, 6.45) is 12.2. The molecule has 2 amide bonds. The van der Waals surface area contributed by atoms with E-state index in [9.17, 15) is 19.5 Å². The van der Waals surface area contributed by atoms with Crippen LogP contribution in [0.15, 0.2) is 0 Å². The lowest BCUT2D eigenvalue weighted by Crippen LogP contribution is -2.40. The zero-order valence-corrected chi connectivity index (χ0v) is 18.4. The zero-order valence-electron chi connectivity index (χ0n) is 17.6. The molecular formula is C23H32N2O4S. The third kappa shape index (κ3) is 4.71. The Morgan fingerprint density at radius 1 is 1.03 bits per heavy atom. The number of carboxylic acids is 1. The Kier molecular flexibility index (Phi) is 6.76. The minimum atomic E-state index is -0.995. The van der Waals surface area contributed by atoms with E-state index in [-0.39, 0.29) is 23.3 Å². The van der Waals surface area contributed by atoms with Gasteiger partial charge in [-0.3, -0.25) is 9.59 Å². The lowest BCUT2D eigenvalue weighted by Gasteiger charge is -2.32. The zero-order chi connectivity index (χ0) is 21.1. The maximum absolute atomic E-state index is 12.9. The summed E-state index contributed by atoms with van der Waals surface area (Å²) < 4.78 is 0. The molecule has 4 rings (SSSR count). The predicted molar refractivity (Wildman–Crippen MR) is 117 cm³/mol. The first kappa shape index (κ1) is 21.3. The number of carbonyl (C=O) groups excluding carboxylic acids is 2. The van der Waals surface area contributed by atoms with Gasteiger partial charge in [0.15, 0.2) is 0 Å². The van der Waals surface area contributed by atoms with E-state index in [1.54, 1.807) is 0 Å². The number of nitrogens with one attached hydrogen (secondary N) is 1. The highest BCUT2D eigenvalue weighted by Gasteiger charge is 2.33. The van der Waals surface area contributed by atoms with Gasteiger partial charge in [-0.25, -0.2) is 4.79 Å². The van der Waals surface area contributed by atoms with E-state index in [1.807, 2.05) is 4.90 Å². The molecule has 0 unspecified atom stereocenters. The van der Waals surface area contributed by atoms with Crippen LogP contribution in [-0.4, -0.2) is 34.3 Å². The number of carbonyl (C=O) groups is 3. The Labute approximate surface area is 182 Å². The summed E-state index contributed by atoms with van der Waals surface area (Å²) in [7, 11) is 0. The Morgan fingerprint density at radius 2 is 1.73 bits per heavy atom. The van der Waals surface area contributed by atoms with Crippen LogP contribution in [0.4, 0.5) is 5.00 Å². The van der Waals surface area contributed by atoms with Crippen LogP contribution in [0.2, 0.25) is 0 Å². The summed E-state index contributed by atoms with van der Waals surface area (Å²) in [6, 6.07) is 0. The molecule has 0 aromatic carbocycles. The third-order valence-electron chi connectivity index (χ3n) is 7.04. The van der Waals surface area contributed by atoms with Crippen LogP contribution in [0.1, 0.15) is 91.4 Å². The number of fused-ring (bicyclic) bond motifs is 1. The molecular weight excluding hydrogens is 400 g/mol. The monoisotopic (exact) mass is 432 g/mol. The number of hydrogen-bond acceptors (Lipinski definition) is 4. The second kappa shape index (κ2) is 9.50. The number of amides is 2. The van der Waals surface area contributed by atoms with Crippen molar-refractivity contribution in [2.75, 3.05) is 11.9 Å². The number of anilines is 1. The number of hydrogen-bond donors (Lipinski definition) is 2. The van der Waals surface area contributed by atoms with Crippen molar-refractivity contribution in [3.8, 4) is 0 Å². The largest absolute Gasteiger partial charge is 0.478 e. The summed E-state index contributed by atoms with van der Waals surface area (Å²) in [5, 5.41) is 13.1. The molecule has 2 heterocycles. The SMILES string of the molecule is O=C(CCC1CCCC1)Nc1sc2c(c1C(=O)O)CCN(C(=O)C1CCCCC1)C2. The highest BCUT2D eigenvalue weighted by molar-refractivity contribution is 7.17. The van der Waals surface area contributed by atoms with Crippen LogP contribution < -0.4 is 5.32 Å². The molecule has 0 radical (unpaired) electrons. The molecule has 1 aliphatic heterocycles.